The van der Waals surface area contributed by atoms with Crippen molar-refractivity contribution in [2.45, 2.75) is 6.42 Å². The summed E-state index contributed by atoms with van der Waals surface area (Å²) < 4.78 is 13.5. The van der Waals surface area contributed by atoms with Crippen molar-refractivity contribution in [2.75, 3.05) is 19.6 Å². The Morgan fingerprint density at radius 1 is 1.39 bits per heavy atom. The Balaban J connectivity index is 2.20. The van der Waals surface area contributed by atoms with Crippen molar-refractivity contribution in [2.24, 2.45) is 0 Å². The second-order valence-corrected chi connectivity index (χ2v) is 4.79. The monoisotopic (exact) mass is 314 g/mol. The van der Waals surface area contributed by atoms with Crippen molar-refractivity contribution in [1.29, 1.82) is 0 Å². The zero-order valence-electron chi connectivity index (χ0n) is 9.58. The first-order valence-corrected chi connectivity index (χ1v) is 6.39. The van der Waals surface area contributed by atoms with E-state index in [0.717, 1.165) is 0 Å². The number of nitrogens with one attached hydrogen (secondary N) is 1. The molecule has 96 valence electrons. The van der Waals surface area contributed by atoms with Crippen LogP contribution in [0.25, 0.3) is 0 Å². The lowest BCUT2D eigenvalue weighted by Crippen LogP contribution is -2.34. The predicted octanol–water partition coefficient (Wildman–Crippen LogP) is 1.55. The molecule has 0 radical (unpaired) electrons. The number of hydrogen-bond donors (Lipinski definition) is 1. The molecule has 18 heavy (non-hydrogen) atoms. The molecule has 0 aromatic heterocycles. The van der Waals surface area contributed by atoms with Crippen LogP contribution in [0.1, 0.15) is 16.8 Å². The number of carbonyl (C=O) groups excluding carboxylic acids is 2. The molecule has 0 unspecified atom stereocenters. The molecule has 0 aliphatic carbocycles. The summed E-state index contributed by atoms with van der Waals surface area (Å²) in [6.07, 6.45) is 0.276. The molecule has 1 aromatic rings. The van der Waals surface area contributed by atoms with E-state index in [1.807, 2.05) is 0 Å². The SMILES string of the molecule is O=C1CCN(C(=O)c2cccc(F)c2Br)CCN1. The van der Waals surface area contributed by atoms with Gasteiger partial charge in [0.2, 0.25) is 5.91 Å². The van der Waals surface area contributed by atoms with Gasteiger partial charge in [0.25, 0.3) is 5.91 Å². The summed E-state index contributed by atoms with van der Waals surface area (Å²) in [7, 11) is 0. The molecule has 1 fully saturated rings. The van der Waals surface area contributed by atoms with E-state index in [-0.39, 0.29) is 28.3 Å². The first-order chi connectivity index (χ1) is 8.59. The minimum absolute atomic E-state index is 0.0661. The molecule has 4 nitrogen and oxygen atoms in total. The highest BCUT2D eigenvalue weighted by molar-refractivity contribution is 9.10. The van der Waals surface area contributed by atoms with Crippen LogP contribution in [0.3, 0.4) is 0 Å². The summed E-state index contributed by atoms with van der Waals surface area (Å²) in [5.74, 6) is -0.800. The second kappa shape index (κ2) is 5.48. The molecule has 1 saturated heterocycles. The summed E-state index contributed by atoms with van der Waals surface area (Å²) in [5, 5.41) is 2.69. The van der Waals surface area contributed by atoms with Crippen molar-refractivity contribution >= 4 is 27.7 Å². The van der Waals surface area contributed by atoms with E-state index in [1.165, 1.54) is 12.1 Å². The predicted molar refractivity (Wildman–Crippen MR) is 67.6 cm³/mol. The highest BCUT2D eigenvalue weighted by atomic mass is 79.9. The van der Waals surface area contributed by atoms with E-state index in [1.54, 1.807) is 11.0 Å². The number of hydrogen-bond acceptors (Lipinski definition) is 2. The molecule has 1 aliphatic rings. The van der Waals surface area contributed by atoms with Crippen LogP contribution in [0.15, 0.2) is 22.7 Å². The Kier molecular flexibility index (Phi) is 3.96. The Hall–Kier alpha value is -1.43. The van der Waals surface area contributed by atoms with Gasteiger partial charge in [0, 0.05) is 26.1 Å². The number of amides is 2. The lowest BCUT2D eigenvalue weighted by Gasteiger charge is -2.20. The van der Waals surface area contributed by atoms with Crippen LogP contribution < -0.4 is 5.32 Å². The van der Waals surface area contributed by atoms with E-state index in [9.17, 15) is 14.0 Å². The Bertz CT molecular complexity index is 493. The van der Waals surface area contributed by atoms with Crippen molar-refractivity contribution in [1.82, 2.24) is 10.2 Å². The van der Waals surface area contributed by atoms with Crippen LogP contribution in [0.2, 0.25) is 0 Å². The van der Waals surface area contributed by atoms with E-state index >= 15 is 0 Å². The molecule has 2 rings (SSSR count). The van der Waals surface area contributed by atoms with E-state index < -0.39 is 5.82 Å². The third-order valence-electron chi connectivity index (χ3n) is 2.78. The number of nitrogens with zero attached hydrogens (tertiary/aromatic N) is 1. The molecule has 0 saturated carbocycles. The maximum atomic E-state index is 13.4. The van der Waals surface area contributed by atoms with Gasteiger partial charge in [-0.15, -0.1) is 0 Å². The van der Waals surface area contributed by atoms with Gasteiger partial charge in [-0.1, -0.05) is 6.07 Å². The Labute approximate surface area is 112 Å². The Morgan fingerprint density at radius 3 is 2.94 bits per heavy atom. The fraction of sp³-hybridized carbons (Fsp3) is 0.333. The van der Waals surface area contributed by atoms with Gasteiger partial charge in [0.15, 0.2) is 0 Å². The molecular formula is C12H12BrFN2O2. The molecule has 0 bridgehead atoms. The first kappa shape index (κ1) is 13.0. The molecular weight excluding hydrogens is 303 g/mol. The molecule has 1 N–H and O–H groups in total. The van der Waals surface area contributed by atoms with Gasteiger partial charge in [0.05, 0.1) is 10.0 Å². The van der Waals surface area contributed by atoms with Crippen LogP contribution in [0.4, 0.5) is 4.39 Å². The fourth-order valence-electron chi connectivity index (χ4n) is 1.81. The highest BCUT2D eigenvalue weighted by Crippen LogP contribution is 2.22. The molecule has 1 aliphatic heterocycles. The van der Waals surface area contributed by atoms with Gasteiger partial charge in [-0.3, -0.25) is 9.59 Å². The molecule has 1 heterocycles. The molecule has 0 atom stereocenters. The number of halogens is 2. The van der Waals surface area contributed by atoms with E-state index in [2.05, 4.69) is 21.2 Å². The molecule has 2 amide bonds. The zero-order valence-corrected chi connectivity index (χ0v) is 11.2. The van der Waals surface area contributed by atoms with Crippen LogP contribution in [-0.4, -0.2) is 36.3 Å². The normalized spacial score (nSPS) is 16.1. The minimum Gasteiger partial charge on any atom is -0.354 e. The van der Waals surface area contributed by atoms with Crippen molar-refractivity contribution < 1.29 is 14.0 Å². The smallest absolute Gasteiger partial charge is 0.255 e. The van der Waals surface area contributed by atoms with E-state index in [0.29, 0.717) is 19.6 Å². The second-order valence-electron chi connectivity index (χ2n) is 3.99. The summed E-state index contributed by atoms with van der Waals surface area (Å²) in [5.41, 5.74) is 0.282. The fourth-order valence-corrected chi connectivity index (χ4v) is 2.24. The third kappa shape index (κ3) is 2.69. The van der Waals surface area contributed by atoms with Gasteiger partial charge in [-0.2, -0.15) is 0 Å². The summed E-state index contributed by atoms with van der Waals surface area (Å²) in [4.78, 5) is 25.0. The number of carbonyl (C=O) groups is 2. The topological polar surface area (TPSA) is 49.4 Å². The van der Waals surface area contributed by atoms with Crippen LogP contribution in [-0.2, 0) is 4.79 Å². The lowest BCUT2D eigenvalue weighted by molar-refractivity contribution is -0.120. The maximum absolute atomic E-state index is 13.4. The van der Waals surface area contributed by atoms with Crippen molar-refractivity contribution in [3.05, 3.63) is 34.1 Å². The average molecular weight is 315 g/mol. The average Bonchev–Trinajstić information content (AvgIpc) is 2.57. The summed E-state index contributed by atoms with van der Waals surface area (Å²) in [6, 6.07) is 4.35. The van der Waals surface area contributed by atoms with Crippen LogP contribution in [0, 0.1) is 5.82 Å². The van der Waals surface area contributed by atoms with Crippen LogP contribution in [0.5, 0.6) is 0 Å². The highest BCUT2D eigenvalue weighted by Gasteiger charge is 2.22. The van der Waals surface area contributed by atoms with E-state index in [4.69, 9.17) is 0 Å². The quantitative estimate of drug-likeness (QED) is 0.855. The Morgan fingerprint density at radius 2 is 2.17 bits per heavy atom. The van der Waals surface area contributed by atoms with Crippen LogP contribution >= 0.6 is 15.9 Å². The summed E-state index contributed by atoms with van der Waals surface area (Å²) in [6.45, 7) is 1.22. The van der Waals surface area contributed by atoms with Gasteiger partial charge < -0.3 is 10.2 Å². The molecule has 0 spiro atoms. The lowest BCUT2D eigenvalue weighted by atomic mass is 10.2. The minimum atomic E-state index is -0.468. The van der Waals surface area contributed by atoms with Gasteiger partial charge in [0.1, 0.15) is 5.82 Å². The maximum Gasteiger partial charge on any atom is 0.255 e. The van der Waals surface area contributed by atoms with Gasteiger partial charge in [-0.05, 0) is 28.1 Å². The van der Waals surface area contributed by atoms with Gasteiger partial charge in [-0.25, -0.2) is 4.39 Å². The van der Waals surface area contributed by atoms with Gasteiger partial charge >= 0.3 is 0 Å². The molecule has 1 aromatic carbocycles. The zero-order chi connectivity index (χ0) is 13.1. The largest absolute Gasteiger partial charge is 0.354 e. The first-order valence-electron chi connectivity index (χ1n) is 5.59. The standard InChI is InChI=1S/C12H12BrFN2O2/c13-11-8(2-1-3-9(11)14)12(18)16-6-4-10(17)15-5-7-16/h1-3H,4-7H2,(H,15,17). The van der Waals surface area contributed by atoms with Crippen molar-refractivity contribution in [3.8, 4) is 0 Å². The number of benzene rings is 1. The number of rotatable bonds is 1. The summed E-state index contributed by atoms with van der Waals surface area (Å²) >= 11 is 3.07. The third-order valence-corrected chi connectivity index (χ3v) is 3.59. The van der Waals surface area contributed by atoms with Crippen molar-refractivity contribution in [3.63, 3.8) is 0 Å². The molecule has 6 heteroatoms.